The maximum Gasteiger partial charge on any atom is 0.178 e. The topological polar surface area (TPSA) is 89.3 Å². The van der Waals surface area contributed by atoms with Gasteiger partial charge in [-0.25, -0.2) is 10.8 Å². The van der Waals surface area contributed by atoms with Gasteiger partial charge in [-0.15, -0.1) is 11.3 Å². The minimum absolute atomic E-state index is 0.465. The van der Waals surface area contributed by atoms with Gasteiger partial charge in [-0.05, 0) is 6.42 Å². The molecule has 0 radical (unpaired) electrons. The van der Waals surface area contributed by atoms with E-state index in [9.17, 15) is 0 Å². The lowest BCUT2D eigenvalue weighted by molar-refractivity contribution is 1.01. The van der Waals surface area contributed by atoms with Crippen molar-refractivity contribution in [2.45, 2.75) is 13.3 Å². The Morgan fingerprint density at radius 2 is 2.58 bits per heavy atom. The summed E-state index contributed by atoms with van der Waals surface area (Å²) in [6.45, 7) is 2.04. The van der Waals surface area contributed by atoms with Crippen LogP contribution in [-0.2, 0) is 6.42 Å². The van der Waals surface area contributed by atoms with Crippen LogP contribution in [-0.4, -0.2) is 10.8 Å². The van der Waals surface area contributed by atoms with Crippen molar-refractivity contribution in [1.29, 1.82) is 0 Å². The standard InChI is InChI=1S/C6H11N5S/c1-2-5-9-3-4(12-5)6(10-7)11-8/h3H,2,7-8H2,1H3,(H,10,11). The van der Waals surface area contributed by atoms with Crippen LogP contribution in [0.3, 0.4) is 0 Å². The molecule has 0 unspecified atom stereocenters. The summed E-state index contributed by atoms with van der Waals surface area (Å²) in [5.41, 5.74) is 2.40. The second-order valence-corrected chi connectivity index (χ2v) is 3.21. The van der Waals surface area contributed by atoms with E-state index in [0.717, 1.165) is 16.3 Å². The lowest BCUT2D eigenvalue weighted by Gasteiger charge is -1.97. The van der Waals surface area contributed by atoms with Crippen LogP contribution in [0.25, 0.3) is 0 Å². The van der Waals surface area contributed by atoms with Crippen LogP contribution in [0.4, 0.5) is 0 Å². The van der Waals surface area contributed by atoms with Gasteiger partial charge in [0.2, 0.25) is 0 Å². The normalized spacial score (nSPS) is 11.7. The third-order valence-corrected chi connectivity index (χ3v) is 2.50. The molecule has 0 bridgehead atoms. The molecule has 66 valence electrons. The summed E-state index contributed by atoms with van der Waals surface area (Å²) in [5.74, 6) is 10.7. The highest BCUT2D eigenvalue weighted by atomic mass is 32.1. The number of hydrogen-bond acceptors (Lipinski definition) is 5. The SMILES string of the molecule is CCc1ncc(/C(=N/N)NN)s1. The zero-order valence-electron chi connectivity index (χ0n) is 6.74. The van der Waals surface area contributed by atoms with E-state index in [-0.39, 0.29) is 0 Å². The van der Waals surface area contributed by atoms with E-state index in [1.807, 2.05) is 6.92 Å². The number of amidine groups is 1. The number of hydrogen-bond donors (Lipinski definition) is 3. The molecule has 0 spiro atoms. The van der Waals surface area contributed by atoms with E-state index in [4.69, 9.17) is 11.7 Å². The number of hydrazone groups is 1. The number of hydrazine groups is 1. The van der Waals surface area contributed by atoms with Gasteiger partial charge >= 0.3 is 0 Å². The van der Waals surface area contributed by atoms with E-state index >= 15 is 0 Å². The van der Waals surface area contributed by atoms with E-state index in [1.54, 1.807) is 6.20 Å². The number of aryl methyl sites for hydroxylation is 1. The lowest BCUT2D eigenvalue weighted by atomic mass is 10.5. The average molecular weight is 185 g/mol. The van der Waals surface area contributed by atoms with Crippen molar-refractivity contribution in [3.8, 4) is 0 Å². The van der Waals surface area contributed by atoms with Crippen molar-refractivity contribution >= 4 is 17.2 Å². The zero-order valence-corrected chi connectivity index (χ0v) is 7.56. The van der Waals surface area contributed by atoms with Gasteiger partial charge in [-0.1, -0.05) is 6.92 Å². The highest BCUT2D eigenvalue weighted by Crippen LogP contribution is 2.12. The van der Waals surface area contributed by atoms with Gasteiger partial charge in [-0.3, -0.25) is 0 Å². The summed E-state index contributed by atoms with van der Waals surface area (Å²) >= 11 is 1.53. The smallest absolute Gasteiger partial charge is 0.178 e. The largest absolute Gasteiger partial charge is 0.321 e. The van der Waals surface area contributed by atoms with E-state index in [0.29, 0.717) is 5.84 Å². The predicted molar refractivity (Wildman–Crippen MR) is 49.5 cm³/mol. The summed E-state index contributed by atoms with van der Waals surface area (Å²) in [4.78, 5) is 5.00. The van der Waals surface area contributed by atoms with Gasteiger partial charge < -0.3 is 11.3 Å². The first kappa shape index (κ1) is 8.95. The Hall–Kier alpha value is -1.14. The molecule has 0 aliphatic carbocycles. The van der Waals surface area contributed by atoms with Crippen LogP contribution < -0.4 is 17.1 Å². The van der Waals surface area contributed by atoms with Gasteiger partial charge in [0.1, 0.15) is 0 Å². The fourth-order valence-corrected chi connectivity index (χ4v) is 1.57. The molecule has 1 heterocycles. The number of aromatic nitrogens is 1. The molecule has 6 heteroatoms. The molecule has 0 aromatic carbocycles. The van der Waals surface area contributed by atoms with Crippen LogP contribution >= 0.6 is 11.3 Å². The van der Waals surface area contributed by atoms with Crippen LogP contribution in [0.1, 0.15) is 16.8 Å². The number of nitrogens with two attached hydrogens (primary N) is 2. The molecule has 0 saturated carbocycles. The zero-order chi connectivity index (χ0) is 8.97. The third kappa shape index (κ3) is 1.72. The monoisotopic (exact) mass is 185 g/mol. The quantitative estimate of drug-likeness (QED) is 0.257. The molecule has 0 saturated heterocycles. The van der Waals surface area contributed by atoms with E-state index in [2.05, 4.69) is 15.5 Å². The Kier molecular flexibility index (Phi) is 3.01. The summed E-state index contributed by atoms with van der Waals surface area (Å²) < 4.78 is 0. The number of nitrogens with one attached hydrogen (secondary N) is 1. The molecule has 0 amide bonds. The van der Waals surface area contributed by atoms with Crippen molar-refractivity contribution < 1.29 is 0 Å². The highest BCUT2D eigenvalue weighted by Gasteiger charge is 2.05. The molecular formula is C6H11N5S. The molecular weight excluding hydrogens is 174 g/mol. The van der Waals surface area contributed by atoms with E-state index < -0.39 is 0 Å². The molecule has 12 heavy (non-hydrogen) atoms. The van der Waals surface area contributed by atoms with Crippen molar-refractivity contribution in [2.75, 3.05) is 0 Å². The molecule has 5 N–H and O–H groups in total. The molecule has 0 aliphatic rings. The lowest BCUT2D eigenvalue weighted by Crippen LogP contribution is -2.31. The summed E-state index contributed by atoms with van der Waals surface area (Å²) in [7, 11) is 0. The van der Waals surface area contributed by atoms with E-state index in [1.165, 1.54) is 11.3 Å². The Bertz CT molecular complexity index is 279. The van der Waals surface area contributed by atoms with Gasteiger partial charge in [0.25, 0.3) is 0 Å². The Morgan fingerprint density at radius 1 is 1.83 bits per heavy atom. The van der Waals surface area contributed by atoms with Crippen molar-refractivity contribution in [1.82, 2.24) is 10.4 Å². The predicted octanol–water partition coefficient (Wildman–Crippen LogP) is -0.211. The average Bonchev–Trinajstić information content (AvgIpc) is 2.55. The molecule has 5 nitrogen and oxygen atoms in total. The van der Waals surface area contributed by atoms with Gasteiger partial charge in [0.05, 0.1) is 9.88 Å². The van der Waals surface area contributed by atoms with Crippen molar-refractivity contribution in [2.24, 2.45) is 16.8 Å². The van der Waals surface area contributed by atoms with Gasteiger partial charge in [-0.2, -0.15) is 5.10 Å². The fourth-order valence-electron chi connectivity index (χ4n) is 0.755. The first-order chi connectivity index (χ1) is 5.81. The number of nitrogens with zero attached hydrogens (tertiary/aromatic N) is 2. The maximum absolute atomic E-state index is 5.18. The number of rotatable bonds is 2. The summed E-state index contributed by atoms with van der Waals surface area (Å²) in [6.07, 6.45) is 2.61. The molecule has 0 aliphatic heterocycles. The minimum Gasteiger partial charge on any atom is -0.321 e. The van der Waals surface area contributed by atoms with Gasteiger partial charge in [0, 0.05) is 6.20 Å². The van der Waals surface area contributed by atoms with Crippen molar-refractivity contribution in [3.05, 3.63) is 16.1 Å². The first-order valence-electron chi connectivity index (χ1n) is 3.51. The summed E-state index contributed by atoms with van der Waals surface area (Å²) in [5, 5.41) is 4.52. The third-order valence-electron chi connectivity index (χ3n) is 1.36. The molecule has 1 rings (SSSR count). The Labute approximate surface area is 74.5 Å². The highest BCUT2D eigenvalue weighted by molar-refractivity contribution is 7.13. The second-order valence-electron chi connectivity index (χ2n) is 2.09. The molecule has 0 fully saturated rings. The Morgan fingerprint density at radius 3 is 3.00 bits per heavy atom. The first-order valence-corrected chi connectivity index (χ1v) is 4.33. The molecule has 1 aromatic heterocycles. The van der Waals surface area contributed by atoms with Crippen LogP contribution in [0.15, 0.2) is 11.3 Å². The maximum atomic E-state index is 5.18. The van der Waals surface area contributed by atoms with Crippen LogP contribution in [0.2, 0.25) is 0 Å². The van der Waals surface area contributed by atoms with Gasteiger partial charge in [0.15, 0.2) is 5.84 Å². The number of thiazole rings is 1. The van der Waals surface area contributed by atoms with Crippen molar-refractivity contribution in [3.63, 3.8) is 0 Å². The van der Waals surface area contributed by atoms with Crippen LogP contribution in [0, 0.1) is 0 Å². The fraction of sp³-hybridized carbons (Fsp3) is 0.333. The molecule has 1 aromatic rings. The minimum atomic E-state index is 0.465. The second kappa shape index (κ2) is 4.03. The Balaban J connectivity index is 2.87. The molecule has 0 atom stereocenters. The summed E-state index contributed by atoms with van der Waals surface area (Å²) in [6, 6.07) is 0. The van der Waals surface area contributed by atoms with Crippen LogP contribution in [0.5, 0.6) is 0 Å².